The van der Waals surface area contributed by atoms with E-state index in [1.807, 2.05) is 0 Å². The third-order valence-electron chi connectivity index (χ3n) is 1.96. The van der Waals surface area contributed by atoms with Gasteiger partial charge >= 0.3 is 5.97 Å². The monoisotopic (exact) mass is 209 g/mol. The highest BCUT2D eigenvalue weighted by Gasteiger charge is 2.14. The minimum atomic E-state index is -0.667. The Kier molecular flexibility index (Phi) is 3.68. The average molecular weight is 209 g/mol. The van der Waals surface area contributed by atoms with E-state index in [9.17, 15) is 4.79 Å². The van der Waals surface area contributed by atoms with E-state index in [1.54, 1.807) is 32.0 Å². The molecule has 0 radical (unpaired) electrons. The van der Waals surface area contributed by atoms with Crippen molar-refractivity contribution in [2.75, 3.05) is 12.3 Å². The molecule has 0 heterocycles. The molecule has 0 saturated carbocycles. The Bertz CT molecular complexity index is 341. The van der Waals surface area contributed by atoms with E-state index >= 15 is 0 Å². The molecule has 1 atom stereocenters. The zero-order valence-corrected chi connectivity index (χ0v) is 8.86. The molecule has 1 rings (SSSR count). The summed E-state index contributed by atoms with van der Waals surface area (Å²) in [6, 6.07) is 5.21. The number of benzene rings is 1. The molecule has 82 valence electrons. The number of carbonyl (C=O) groups excluding carboxylic acids is 1. The summed E-state index contributed by atoms with van der Waals surface area (Å²) < 4.78 is 4.88. The van der Waals surface area contributed by atoms with Gasteiger partial charge < -0.3 is 15.6 Å². The number of esters is 1. The predicted molar refractivity (Wildman–Crippen MR) is 57.6 cm³/mol. The van der Waals surface area contributed by atoms with E-state index in [2.05, 4.69) is 0 Å². The molecule has 0 aliphatic carbocycles. The van der Waals surface area contributed by atoms with Crippen molar-refractivity contribution in [1.82, 2.24) is 0 Å². The molecule has 15 heavy (non-hydrogen) atoms. The number of nitrogen functional groups attached to an aromatic ring is 1. The molecule has 0 saturated heterocycles. The van der Waals surface area contributed by atoms with Gasteiger partial charge in [-0.15, -0.1) is 0 Å². The summed E-state index contributed by atoms with van der Waals surface area (Å²) >= 11 is 0. The van der Waals surface area contributed by atoms with Crippen LogP contribution in [0.4, 0.5) is 5.69 Å². The van der Waals surface area contributed by atoms with Crippen LogP contribution in [0.25, 0.3) is 0 Å². The molecule has 4 heteroatoms. The highest BCUT2D eigenvalue weighted by atomic mass is 16.5. The summed E-state index contributed by atoms with van der Waals surface area (Å²) in [5.41, 5.74) is 7.20. The first-order valence-corrected chi connectivity index (χ1v) is 4.72. The van der Waals surface area contributed by atoms with Crippen LogP contribution in [0, 0.1) is 6.92 Å². The van der Waals surface area contributed by atoms with Crippen LogP contribution >= 0.6 is 0 Å². The molecule has 0 aliphatic heterocycles. The van der Waals surface area contributed by atoms with E-state index in [1.165, 1.54) is 0 Å². The fourth-order valence-corrected chi connectivity index (χ4v) is 1.24. The van der Waals surface area contributed by atoms with Crippen molar-refractivity contribution in [3.8, 4) is 0 Å². The predicted octanol–water partition coefficient (Wildman–Crippen LogP) is 1.11. The van der Waals surface area contributed by atoms with Crippen LogP contribution < -0.4 is 5.73 Å². The van der Waals surface area contributed by atoms with Gasteiger partial charge in [-0.25, -0.2) is 4.79 Å². The van der Waals surface area contributed by atoms with Crippen molar-refractivity contribution in [3.63, 3.8) is 0 Å². The third kappa shape index (κ3) is 2.95. The highest BCUT2D eigenvalue weighted by molar-refractivity contribution is 5.96. The van der Waals surface area contributed by atoms with Gasteiger partial charge in [-0.2, -0.15) is 0 Å². The third-order valence-corrected chi connectivity index (χ3v) is 1.96. The number of carbonyl (C=O) groups is 1. The molecule has 1 unspecified atom stereocenters. The second kappa shape index (κ2) is 4.79. The number of anilines is 1. The quantitative estimate of drug-likeness (QED) is 0.578. The fourth-order valence-electron chi connectivity index (χ4n) is 1.24. The summed E-state index contributed by atoms with van der Waals surface area (Å²) in [6.07, 6.45) is -0.667. The summed E-state index contributed by atoms with van der Waals surface area (Å²) in [4.78, 5) is 11.6. The van der Waals surface area contributed by atoms with Crippen molar-refractivity contribution in [2.45, 2.75) is 20.0 Å². The number of hydrogen-bond acceptors (Lipinski definition) is 4. The number of hydrogen-bond donors (Lipinski definition) is 2. The van der Waals surface area contributed by atoms with E-state index in [4.69, 9.17) is 15.6 Å². The lowest BCUT2D eigenvalue weighted by molar-refractivity contribution is 0.0297. The first-order chi connectivity index (χ1) is 7.02. The van der Waals surface area contributed by atoms with Crippen LogP contribution in [0.5, 0.6) is 0 Å². The lowest BCUT2D eigenvalue weighted by Gasteiger charge is -2.10. The maximum atomic E-state index is 11.6. The number of aliphatic hydroxyl groups excluding tert-OH is 1. The van der Waals surface area contributed by atoms with Gasteiger partial charge in [0.05, 0.1) is 11.7 Å². The normalized spacial score (nSPS) is 12.2. The summed E-state index contributed by atoms with van der Waals surface area (Å²) in [5, 5.41) is 8.98. The minimum absolute atomic E-state index is 0.0212. The van der Waals surface area contributed by atoms with Crippen molar-refractivity contribution in [2.24, 2.45) is 0 Å². The fraction of sp³-hybridized carbons (Fsp3) is 0.364. The molecule has 0 bridgehead atoms. The maximum Gasteiger partial charge on any atom is 0.340 e. The number of aliphatic hydroxyl groups is 1. The van der Waals surface area contributed by atoms with E-state index in [0.29, 0.717) is 11.3 Å². The van der Waals surface area contributed by atoms with Gasteiger partial charge in [-0.3, -0.25) is 0 Å². The number of ether oxygens (including phenoxy) is 1. The summed E-state index contributed by atoms with van der Waals surface area (Å²) in [5.74, 6) is -0.494. The lowest BCUT2D eigenvalue weighted by Crippen LogP contribution is -2.17. The number of aryl methyl sites for hydroxylation is 1. The second-order valence-electron chi connectivity index (χ2n) is 3.49. The first-order valence-electron chi connectivity index (χ1n) is 4.72. The first kappa shape index (κ1) is 11.5. The van der Waals surface area contributed by atoms with E-state index < -0.39 is 12.1 Å². The van der Waals surface area contributed by atoms with Crippen LogP contribution in [0.2, 0.25) is 0 Å². The van der Waals surface area contributed by atoms with E-state index in [-0.39, 0.29) is 6.61 Å². The smallest absolute Gasteiger partial charge is 0.340 e. The van der Waals surface area contributed by atoms with Crippen molar-refractivity contribution in [1.29, 1.82) is 0 Å². The van der Waals surface area contributed by atoms with Crippen molar-refractivity contribution < 1.29 is 14.6 Å². The number of rotatable bonds is 3. The zero-order valence-electron chi connectivity index (χ0n) is 8.86. The Hall–Kier alpha value is -1.55. The summed E-state index contributed by atoms with van der Waals surface area (Å²) in [7, 11) is 0. The van der Waals surface area contributed by atoms with Crippen LogP contribution in [0.15, 0.2) is 18.2 Å². The van der Waals surface area contributed by atoms with Crippen LogP contribution in [0.3, 0.4) is 0 Å². The zero-order chi connectivity index (χ0) is 11.4. The Labute approximate surface area is 88.7 Å². The van der Waals surface area contributed by atoms with Gasteiger partial charge in [0.2, 0.25) is 0 Å². The average Bonchev–Trinajstić information content (AvgIpc) is 2.14. The van der Waals surface area contributed by atoms with Crippen molar-refractivity contribution >= 4 is 11.7 Å². The lowest BCUT2D eigenvalue weighted by atomic mass is 10.1. The van der Waals surface area contributed by atoms with Crippen LogP contribution in [-0.4, -0.2) is 23.8 Å². The van der Waals surface area contributed by atoms with Gasteiger partial charge in [0, 0.05) is 5.69 Å². The molecular formula is C11H15NO3. The molecule has 3 N–H and O–H groups in total. The van der Waals surface area contributed by atoms with Gasteiger partial charge in [0.1, 0.15) is 6.61 Å². The molecule has 1 aromatic rings. The Balaban J connectivity index is 2.82. The molecule has 0 fully saturated rings. The van der Waals surface area contributed by atoms with Crippen LogP contribution in [0.1, 0.15) is 22.8 Å². The SMILES string of the molecule is Cc1cccc(N)c1C(=O)OCC(C)O. The van der Waals surface area contributed by atoms with Gasteiger partial charge in [0.25, 0.3) is 0 Å². The molecule has 0 aliphatic rings. The minimum Gasteiger partial charge on any atom is -0.459 e. The standard InChI is InChI=1S/C11H15NO3/c1-7-4-3-5-9(12)10(7)11(14)15-6-8(2)13/h3-5,8,13H,6,12H2,1-2H3. The topological polar surface area (TPSA) is 72.6 Å². The van der Waals surface area contributed by atoms with Gasteiger partial charge in [-0.1, -0.05) is 12.1 Å². The molecule has 4 nitrogen and oxygen atoms in total. The molecular weight excluding hydrogens is 194 g/mol. The highest BCUT2D eigenvalue weighted by Crippen LogP contribution is 2.17. The van der Waals surface area contributed by atoms with Gasteiger partial charge in [0.15, 0.2) is 0 Å². The van der Waals surface area contributed by atoms with E-state index in [0.717, 1.165) is 5.56 Å². The maximum absolute atomic E-state index is 11.6. The Morgan fingerprint density at radius 1 is 1.60 bits per heavy atom. The Morgan fingerprint density at radius 3 is 2.80 bits per heavy atom. The number of nitrogens with two attached hydrogens (primary N) is 1. The molecule has 0 amide bonds. The Morgan fingerprint density at radius 2 is 2.27 bits per heavy atom. The molecule has 0 spiro atoms. The van der Waals surface area contributed by atoms with Gasteiger partial charge in [-0.05, 0) is 25.5 Å². The van der Waals surface area contributed by atoms with Crippen molar-refractivity contribution in [3.05, 3.63) is 29.3 Å². The largest absolute Gasteiger partial charge is 0.459 e. The second-order valence-corrected chi connectivity index (χ2v) is 3.49. The summed E-state index contributed by atoms with van der Waals surface area (Å²) in [6.45, 7) is 3.32. The molecule has 1 aromatic carbocycles. The molecule has 0 aromatic heterocycles. The van der Waals surface area contributed by atoms with Crippen LogP contribution in [-0.2, 0) is 4.74 Å².